The Labute approximate surface area is 119 Å². The topological polar surface area (TPSA) is 26.0 Å². The average Bonchev–Trinajstić information content (AvgIpc) is 2.82. The van der Waals surface area contributed by atoms with Crippen LogP contribution < -0.4 is 0 Å². The number of aromatic nitrogens is 1. The molecule has 5 heteroatoms. The largest absolute Gasteiger partial charge is 0.431 e. The number of hydrogen-bond acceptors (Lipinski definition) is 3. The molecule has 1 aromatic heterocycles. The summed E-state index contributed by atoms with van der Waals surface area (Å²) in [4.78, 5) is 4.19. The summed E-state index contributed by atoms with van der Waals surface area (Å²) in [6, 6.07) is 11.8. The summed E-state index contributed by atoms with van der Waals surface area (Å²) in [6.07, 6.45) is 0. The van der Waals surface area contributed by atoms with Gasteiger partial charge in [-0.1, -0.05) is 12.6 Å². The highest BCUT2D eigenvalue weighted by Gasteiger charge is 2.15. The van der Waals surface area contributed by atoms with E-state index in [-0.39, 0.29) is 16.9 Å². The lowest BCUT2D eigenvalue weighted by Gasteiger charge is -2.01. The third-order valence-electron chi connectivity index (χ3n) is 2.84. The van der Waals surface area contributed by atoms with Gasteiger partial charge in [0.1, 0.15) is 17.3 Å². The first-order valence-electron chi connectivity index (χ1n) is 5.85. The second kappa shape index (κ2) is 5.09. The minimum atomic E-state index is -0.331. The monoisotopic (exact) mass is 289 g/mol. The number of thiol groups is 1. The van der Waals surface area contributed by atoms with Gasteiger partial charge >= 0.3 is 0 Å². The molecule has 0 aliphatic rings. The van der Waals surface area contributed by atoms with Crippen LogP contribution in [-0.2, 0) is 0 Å². The highest BCUT2D eigenvalue weighted by molar-refractivity contribution is 7.80. The van der Waals surface area contributed by atoms with Crippen LogP contribution in [0.4, 0.5) is 8.78 Å². The molecule has 0 aliphatic carbocycles. The molecule has 0 unspecified atom stereocenters. The van der Waals surface area contributed by atoms with Crippen molar-refractivity contribution in [3.05, 3.63) is 60.2 Å². The Balaban J connectivity index is 2.12. The first kappa shape index (κ1) is 12.9. The van der Waals surface area contributed by atoms with Crippen molar-refractivity contribution in [3.63, 3.8) is 0 Å². The smallest absolute Gasteiger partial charge is 0.253 e. The molecule has 0 aliphatic heterocycles. The van der Waals surface area contributed by atoms with Crippen molar-refractivity contribution in [1.29, 1.82) is 0 Å². The standard InChI is InChI=1S/C15H9F2NOS/c16-11-5-1-9(2-6-11)13-14(19-15(20)18-13)10-3-7-12(17)8-4-10/h1-8H,(H,18,20). The summed E-state index contributed by atoms with van der Waals surface area (Å²) in [6.45, 7) is 0. The van der Waals surface area contributed by atoms with Crippen LogP contribution in [0, 0.1) is 11.6 Å². The maximum Gasteiger partial charge on any atom is 0.253 e. The van der Waals surface area contributed by atoms with Gasteiger partial charge in [-0.3, -0.25) is 0 Å². The third-order valence-corrected chi connectivity index (χ3v) is 3.03. The molecular weight excluding hydrogens is 280 g/mol. The predicted molar refractivity (Wildman–Crippen MR) is 74.5 cm³/mol. The fourth-order valence-electron chi connectivity index (χ4n) is 1.91. The van der Waals surface area contributed by atoms with Gasteiger partial charge in [0.2, 0.25) is 0 Å². The van der Waals surface area contributed by atoms with Gasteiger partial charge in [-0.25, -0.2) is 13.8 Å². The molecule has 2 nitrogen and oxygen atoms in total. The van der Waals surface area contributed by atoms with Crippen molar-refractivity contribution < 1.29 is 13.2 Å². The van der Waals surface area contributed by atoms with E-state index < -0.39 is 0 Å². The summed E-state index contributed by atoms with van der Waals surface area (Å²) in [7, 11) is 0. The van der Waals surface area contributed by atoms with E-state index in [0.29, 0.717) is 22.6 Å². The SMILES string of the molecule is Fc1ccc(-c2nc(S)oc2-c2ccc(F)cc2)cc1. The van der Waals surface area contributed by atoms with Gasteiger partial charge in [-0.2, -0.15) is 0 Å². The lowest BCUT2D eigenvalue weighted by Crippen LogP contribution is -1.84. The lowest BCUT2D eigenvalue weighted by atomic mass is 10.1. The van der Waals surface area contributed by atoms with Crippen molar-refractivity contribution in [2.24, 2.45) is 0 Å². The molecule has 0 radical (unpaired) electrons. The zero-order valence-electron chi connectivity index (χ0n) is 10.2. The Kier molecular flexibility index (Phi) is 3.28. The van der Waals surface area contributed by atoms with Crippen molar-refractivity contribution in [2.75, 3.05) is 0 Å². The summed E-state index contributed by atoms with van der Waals surface area (Å²) >= 11 is 4.09. The fourth-order valence-corrected chi connectivity index (χ4v) is 2.10. The highest BCUT2D eigenvalue weighted by atomic mass is 32.1. The van der Waals surface area contributed by atoms with E-state index in [4.69, 9.17) is 4.42 Å². The van der Waals surface area contributed by atoms with Crippen LogP contribution in [0.1, 0.15) is 0 Å². The van der Waals surface area contributed by atoms with Crippen molar-refractivity contribution in [1.82, 2.24) is 4.98 Å². The second-order valence-electron chi connectivity index (χ2n) is 4.19. The molecule has 0 atom stereocenters. The Bertz CT molecular complexity index is 673. The number of hydrogen-bond donors (Lipinski definition) is 1. The summed E-state index contributed by atoms with van der Waals surface area (Å²) in [5.41, 5.74) is 1.93. The van der Waals surface area contributed by atoms with Crippen molar-refractivity contribution in [3.8, 4) is 22.6 Å². The van der Waals surface area contributed by atoms with Crippen LogP contribution in [0.15, 0.2) is 58.2 Å². The zero-order chi connectivity index (χ0) is 14.1. The normalized spacial score (nSPS) is 10.8. The molecule has 0 fully saturated rings. The number of halogens is 2. The van der Waals surface area contributed by atoms with E-state index in [1.54, 1.807) is 24.3 Å². The Morgan fingerprint density at radius 3 is 1.85 bits per heavy atom. The summed E-state index contributed by atoms with van der Waals surface area (Å²) in [5, 5.41) is 0.198. The molecule has 0 amide bonds. The van der Waals surface area contributed by atoms with Gasteiger partial charge in [-0.15, -0.1) is 0 Å². The van der Waals surface area contributed by atoms with Crippen molar-refractivity contribution >= 4 is 12.6 Å². The molecule has 0 bridgehead atoms. The third kappa shape index (κ3) is 2.44. The molecular formula is C15H9F2NOS. The molecule has 1 heterocycles. The molecule has 0 saturated heterocycles. The minimum Gasteiger partial charge on any atom is -0.431 e. The molecule has 0 spiro atoms. The van der Waals surface area contributed by atoms with E-state index in [0.717, 1.165) is 0 Å². The molecule has 0 saturated carbocycles. The van der Waals surface area contributed by atoms with Crippen LogP contribution in [0.25, 0.3) is 22.6 Å². The first-order chi connectivity index (χ1) is 9.63. The van der Waals surface area contributed by atoms with E-state index in [2.05, 4.69) is 17.6 Å². The molecule has 100 valence electrons. The van der Waals surface area contributed by atoms with E-state index in [9.17, 15) is 8.78 Å². The highest BCUT2D eigenvalue weighted by Crippen LogP contribution is 2.33. The number of rotatable bonds is 2. The van der Waals surface area contributed by atoms with E-state index >= 15 is 0 Å². The van der Waals surface area contributed by atoms with Crippen LogP contribution >= 0.6 is 12.6 Å². The molecule has 3 aromatic rings. The minimum absolute atomic E-state index is 0.198. The summed E-state index contributed by atoms with van der Waals surface area (Å²) in [5.74, 6) is -0.184. The average molecular weight is 289 g/mol. The number of benzene rings is 2. The number of oxazole rings is 1. The second-order valence-corrected chi connectivity index (χ2v) is 4.57. The maximum atomic E-state index is 13.0. The maximum absolute atomic E-state index is 13.0. The molecule has 0 N–H and O–H groups in total. The Morgan fingerprint density at radius 2 is 1.30 bits per heavy atom. The van der Waals surface area contributed by atoms with Crippen LogP contribution in [-0.4, -0.2) is 4.98 Å². The fraction of sp³-hybridized carbons (Fsp3) is 0. The quantitative estimate of drug-likeness (QED) is 0.699. The first-order valence-corrected chi connectivity index (χ1v) is 6.30. The zero-order valence-corrected chi connectivity index (χ0v) is 11.1. The van der Waals surface area contributed by atoms with Gasteiger partial charge < -0.3 is 4.42 Å². The molecule has 20 heavy (non-hydrogen) atoms. The predicted octanol–water partition coefficient (Wildman–Crippen LogP) is 4.58. The molecule has 2 aromatic carbocycles. The molecule has 3 rings (SSSR count). The van der Waals surface area contributed by atoms with Gasteiger partial charge in [-0.05, 0) is 48.5 Å². The lowest BCUT2D eigenvalue weighted by molar-refractivity contribution is 0.468. The Hall–Kier alpha value is -2.14. The van der Waals surface area contributed by atoms with E-state index in [1.165, 1.54) is 24.3 Å². The van der Waals surface area contributed by atoms with Crippen LogP contribution in [0.2, 0.25) is 0 Å². The van der Waals surface area contributed by atoms with Gasteiger partial charge in [0.15, 0.2) is 5.76 Å². The van der Waals surface area contributed by atoms with Gasteiger partial charge in [0, 0.05) is 11.1 Å². The summed E-state index contributed by atoms with van der Waals surface area (Å²) < 4.78 is 31.4. The van der Waals surface area contributed by atoms with Gasteiger partial charge in [0.25, 0.3) is 5.22 Å². The number of nitrogens with zero attached hydrogens (tertiary/aromatic N) is 1. The Morgan fingerprint density at radius 1 is 0.800 bits per heavy atom. The van der Waals surface area contributed by atoms with Gasteiger partial charge in [0.05, 0.1) is 0 Å². The van der Waals surface area contributed by atoms with Crippen LogP contribution in [0.5, 0.6) is 0 Å². The van der Waals surface area contributed by atoms with E-state index in [1.807, 2.05) is 0 Å². The van der Waals surface area contributed by atoms with Crippen molar-refractivity contribution in [2.45, 2.75) is 5.22 Å². The van der Waals surface area contributed by atoms with Crippen LogP contribution in [0.3, 0.4) is 0 Å².